The molecule has 0 aromatic rings. The summed E-state index contributed by atoms with van der Waals surface area (Å²) < 4.78 is 0. The van der Waals surface area contributed by atoms with E-state index < -0.39 is 0 Å². The molecule has 0 fully saturated rings. The van der Waals surface area contributed by atoms with E-state index in [1.165, 1.54) is 0 Å². The molecule has 0 aromatic heterocycles. The van der Waals surface area contributed by atoms with Crippen LogP contribution in [-0.4, -0.2) is 5.88 Å². The zero-order valence-electron chi connectivity index (χ0n) is 4.53. The fourth-order valence-corrected chi connectivity index (χ4v) is 0.756. The summed E-state index contributed by atoms with van der Waals surface area (Å²) in [5.74, 6) is 0.479. The summed E-state index contributed by atoms with van der Waals surface area (Å²) in [6.45, 7) is 3.51. The Morgan fingerprint density at radius 1 is 1.62 bits per heavy atom. The summed E-state index contributed by atoms with van der Waals surface area (Å²) in [7, 11) is 0. The highest BCUT2D eigenvalue weighted by Gasteiger charge is 1.83. The van der Waals surface area contributed by atoms with Gasteiger partial charge in [0.1, 0.15) is 0 Å². The molecule has 0 rings (SSSR count). The Hall–Kier alpha value is 0.0600. The standard InChI is InChI=1S/C6H8Cl2/c1-2-3-6(8)4-5-7/h2,4H,1,3,5H2. The maximum atomic E-state index is 5.59. The third-order valence-corrected chi connectivity index (χ3v) is 1.10. The molecule has 0 unspecified atom stereocenters. The van der Waals surface area contributed by atoms with Gasteiger partial charge in [-0.2, -0.15) is 0 Å². The largest absolute Gasteiger partial charge is 0.122 e. The van der Waals surface area contributed by atoms with Gasteiger partial charge < -0.3 is 0 Å². The van der Waals surface area contributed by atoms with Gasteiger partial charge in [-0.05, 0) is 0 Å². The van der Waals surface area contributed by atoms with Crippen LogP contribution in [0.15, 0.2) is 23.8 Å². The summed E-state index contributed by atoms with van der Waals surface area (Å²) in [6, 6.07) is 0. The highest BCUT2D eigenvalue weighted by atomic mass is 35.5. The van der Waals surface area contributed by atoms with Gasteiger partial charge in [-0.1, -0.05) is 23.8 Å². The van der Waals surface area contributed by atoms with E-state index in [2.05, 4.69) is 6.58 Å². The van der Waals surface area contributed by atoms with Gasteiger partial charge in [0, 0.05) is 17.3 Å². The molecule has 0 amide bonds. The third-order valence-electron chi connectivity index (χ3n) is 0.638. The molecule has 0 aliphatic heterocycles. The van der Waals surface area contributed by atoms with Crippen molar-refractivity contribution in [2.45, 2.75) is 6.42 Å². The maximum absolute atomic E-state index is 5.59. The van der Waals surface area contributed by atoms with E-state index in [0.717, 1.165) is 5.03 Å². The lowest BCUT2D eigenvalue weighted by Crippen LogP contribution is -1.68. The maximum Gasteiger partial charge on any atom is 0.0418 e. The SMILES string of the molecule is C=CCC(Cl)=CCCl. The molecule has 2 heteroatoms. The normalized spacial score (nSPS) is 11.5. The van der Waals surface area contributed by atoms with Crippen LogP contribution in [0, 0.1) is 0 Å². The van der Waals surface area contributed by atoms with Crippen LogP contribution < -0.4 is 0 Å². The Morgan fingerprint density at radius 2 is 2.25 bits per heavy atom. The van der Waals surface area contributed by atoms with Gasteiger partial charge in [0.25, 0.3) is 0 Å². The van der Waals surface area contributed by atoms with Crippen molar-refractivity contribution in [1.82, 2.24) is 0 Å². The first-order valence-electron chi connectivity index (χ1n) is 2.32. The van der Waals surface area contributed by atoms with Crippen LogP contribution in [0.4, 0.5) is 0 Å². The number of halogens is 2. The van der Waals surface area contributed by atoms with Crippen molar-refractivity contribution in [3.8, 4) is 0 Å². The predicted octanol–water partition coefficient (Wildman–Crippen LogP) is 2.92. The van der Waals surface area contributed by atoms with Gasteiger partial charge in [0.05, 0.1) is 0 Å². The molecule has 46 valence electrons. The molecule has 0 heterocycles. The van der Waals surface area contributed by atoms with Crippen molar-refractivity contribution >= 4 is 23.2 Å². The quantitative estimate of drug-likeness (QED) is 0.429. The van der Waals surface area contributed by atoms with Crippen LogP contribution in [0.1, 0.15) is 6.42 Å². The van der Waals surface area contributed by atoms with E-state index in [4.69, 9.17) is 23.2 Å². The molecule has 8 heavy (non-hydrogen) atoms. The molecule has 0 spiro atoms. The second kappa shape index (κ2) is 5.20. The van der Waals surface area contributed by atoms with E-state index in [0.29, 0.717) is 12.3 Å². The van der Waals surface area contributed by atoms with Gasteiger partial charge in [-0.3, -0.25) is 0 Å². The molecule has 0 aliphatic carbocycles. The minimum atomic E-state index is 0.479. The molecule has 0 aromatic carbocycles. The lowest BCUT2D eigenvalue weighted by Gasteiger charge is -1.86. The first kappa shape index (κ1) is 8.06. The van der Waals surface area contributed by atoms with E-state index in [1.54, 1.807) is 12.2 Å². The Balaban J connectivity index is 3.44. The van der Waals surface area contributed by atoms with Crippen LogP contribution in [-0.2, 0) is 0 Å². The van der Waals surface area contributed by atoms with Crippen molar-refractivity contribution < 1.29 is 0 Å². The summed E-state index contributed by atoms with van der Waals surface area (Å²) in [5.41, 5.74) is 0. The predicted molar refractivity (Wildman–Crippen MR) is 39.5 cm³/mol. The molecule has 0 atom stereocenters. The molecular formula is C6H8Cl2. The fourth-order valence-electron chi connectivity index (χ4n) is 0.305. The fraction of sp³-hybridized carbons (Fsp3) is 0.333. The van der Waals surface area contributed by atoms with Crippen LogP contribution in [0.2, 0.25) is 0 Å². The van der Waals surface area contributed by atoms with Gasteiger partial charge >= 0.3 is 0 Å². The second-order valence-corrected chi connectivity index (χ2v) is 2.09. The molecule has 0 aliphatic rings. The summed E-state index contributed by atoms with van der Waals surface area (Å²) in [5, 5.41) is 0.759. The average Bonchev–Trinajstić information content (AvgIpc) is 1.68. The smallest absolute Gasteiger partial charge is 0.0418 e. The molecule has 0 radical (unpaired) electrons. The number of hydrogen-bond donors (Lipinski definition) is 0. The van der Waals surface area contributed by atoms with Crippen LogP contribution >= 0.6 is 23.2 Å². The van der Waals surface area contributed by atoms with Crippen molar-refractivity contribution in [2.24, 2.45) is 0 Å². The van der Waals surface area contributed by atoms with Crippen molar-refractivity contribution in [3.05, 3.63) is 23.8 Å². The summed E-state index contributed by atoms with van der Waals surface area (Å²) in [4.78, 5) is 0. The number of allylic oxidation sites excluding steroid dienone is 3. The minimum absolute atomic E-state index is 0.479. The number of rotatable bonds is 3. The second-order valence-electron chi connectivity index (χ2n) is 1.30. The zero-order valence-corrected chi connectivity index (χ0v) is 6.04. The van der Waals surface area contributed by atoms with E-state index in [9.17, 15) is 0 Å². The molecule has 0 saturated heterocycles. The topological polar surface area (TPSA) is 0 Å². The Bertz CT molecular complexity index is 94.7. The van der Waals surface area contributed by atoms with Gasteiger partial charge in [-0.15, -0.1) is 18.2 Å². The van der Waals surface area contributed by atoms with Crippen LogP contribution in [0.5, 0.6) is 0 Å². The monoisotopic (exact) mass is 150 g/mol. The Kier molecular flexibility index (Phi) is 5.24. The lowest BCUT2D eigenvalue weighted by atomic mass is 10.4. The molecule has 0 N–H and O–H groups in total. The number of hydrogen-bond acceptors (Lipinski definition) is 0. The van der Waals surface area contributed by atoms with Crippen molar-refractivity contribution in [1.29, 1.82) is 0 Å². The first-order chi connectivity index (χ1) is 3.81. The lowest BCUT2D eigenvalue weighted by molar-refractivity contribution is 1.35. The van der Waals surface area contributed by atoms with Crippen LogP contribution in [0.3, 0.4) is 0 Å². The molecular weight excluding hydrogens is 143 g/mol. The van der Waals surface area contributed by atoms with Gasteiger partial charge in [0.15, 0.2) is 0 Å². The van der Waals surface area contributed by atoms with Crippen LogP contribution in [0.25, 0.3) is 0 Å². The highest BCUT2D eigenvalue weighted by Crippen LogP contribution is 2.06. The average molecular weight is 151 g/mol. The number of alkyl halides is 1. The molecule has 0 bridgehead atoms. The summed E-state index contributed by atoms with van der Waals surface area (Å²) >= 11 is 10.9. The Labute approximate surface area is 59.8 Å². The summed E-state index contributed by atoms with van der Waals surface area (Å²) in [6.07, 6.45) is 4.21. The van der Waals surface area contributed by atoms with Gasteiger partial charge in [-0.25, -0.2) is 0 Å². The van der Waals surface area contributed by atoms with Crippen molar-refractivity contribution in [2.75, 3.05) is 5.88 Å². The first-order valence-corrected chi connectivity index (χ1v) is 3.24. The van der Waals surface area contributed by atoms with Gasteiger partial charge in [0.2, 0.25) is 0 Å². The third kappa shape index (κ3) is 4.23. The van der Waals surface area contributed by atoms with E-state index in [1.807, 2.05) is 0 Å². The minimum Gasteiger partial charge on any atom is -0.122 e. The molecule has 0 nitrogen and oxygen atoms in total. The van der Waals surface area contributed by atoms with Crippen molar-refractivity contribution in [3.63, 3.8) is 0 Å². The highest BCUT2D eigenvalue weighted by molar-refractivity contribution is 6.30. The van der Waals surface area contributed by atoms with E-state index >= 15 is 0 Å². The zero-order chi connectivity index (χ0) is 6.41. The van der Waals surface area contributed by atoms with E-state index in [-0.39, 0.29) is 0 Å². The molecule has 0 saturated carbocycles. The Morgan fingerprint density at radius 3 is 2.62 bits per heavy atom.